The minimum absolute atomic E-state index is 0.0694. The third kappa shape index (κ3) is 4.31. The van der Waals surface area contributed by atoms with Crippen molar-refractivity contribution in [2.45, 2.75) is 38.3 Å². The Morgan fingerprint density at radius 3 is 2.79 bits per heavy atom. The molecule has 0 spiro atoms. The minimum Gasteiger partial charge on any atom is -0.376 e. The molecule has 2 aliphatic heterocycles. The van der Waals surface area contributed by atoms with Crippen LogP contribution < -0.4 is 5.01 Å². The highest BCUT2D eigenvalue weighted by atomic mass is 32.1. The molecule has 0 N–H and O–H groups in total. The largest absolute Gasteiger partial charge is 0.376 e. The number of amides is 2. The Balaban J connectivity index is 1.56. The molecule has 1 saturated heterocycles. The van der Waals surface area contributed by atoms with Crippen molar-refractivity contribution >= 4 is 34.6 Å². The van der Waals surface area contributed by atoms with Crippen LogP contribution in [0.15, 0.2) is 52.9 Å². The van der Waals surface area contributed by atoms with Gasteiger partial charge in [-0.15, -0.1) is 11.3 Å². The molecule has 6 nitrogen and oxygen atoms in total. The van der Waals surface area contributed by atoms with Crippen LogP contribution in [0.2, 0.25) is 0 Å². The minimum atomic E-state index is -0.114. The number of benzene rings is 1. The van der Waals surface area contributed by atoms with Crippen LogP contribution in [0.5, 0.6) is 0 Å². The second-order valence-electron chi connectivity index (χ2n) is 6.99. The van der Waals surface area contributed by atoms with E-state index in [1.807, 2.05) is 52.7 Å². The molecule has 0 saturated carbocycles. The predicted molar refractivity (Wildman–Crippen MR) is 109 cm³/mol. The number of para-hydroxylation sites is 1. The van der Waals surface area contributed by atoms with Gasteiger partial charge in [-0.05, 0) is 36.4 Å². The van der Waals surface area contributed by atoms with Crippen LogP contribution in [-0.2, 0) is 20.9 Å². The molecule has 4 rings (SSSR count). The molecule has 1 fully saturated rings. The van der Waals surface area contributed by atoms with Crippen molar-refractivity contribution in [3.63, 3.8) is 0 Å². The van der Waals surface area contributed by atoms with Crippen LogP contribution in [0.4, 0.5) is 5.69 Å². The van der Waals surface area contributed by atoms with Gasteiger partial charge in [-0.1, -0.05) is 24.3 Å². The van der Waals surface area contributed by atoms with E-state index in [1.165, 1.54) is 5.01 Å². The van der Waals surface area contributed by atoms with Crippen molar-refractivity contribution in [1.82, 2.24) is 4.90 Å². The molecule has 28 heavy (non-hydrogen) atoms. The third-order valence-electron chi connectivity index (χ3n) is 4.94. The van der Waals surface area contributed by atoms with Crippen molar-refractivity contribution in [2.75, 3.05) is 18.2 Å². The van der Waals surface area contributed by atoms with Crippen molar-refractivity contribution in [2.24, 2.45) is 5.10 Å². The lowest BCUT2D eigenvalue weighted by Crippen LogP contribution is -2.44. The van der Waals surface area contributed by atoms with E-state index in [4.69, 9.17) is 4.74 Å². The van der Waals surface area contributed by atoms with Crippen molar-refractivity contribution in [3.8, 4) is 0 Å². The number of nitrogens with zero attached hydrogens (tertiary/aromatic N) is 3. The normalized spacial score (nSPS) is 19.6. The molecule has 146 valence electrons. The molecule has 1 aromatic carbocycles. The van der Waals surface area contributed by atoms with E-state index in [2.05, 4.69) is 5.10 Å². The van der Waals surface area contributed by atoms with Gasteiger partial charge in [0.1, 0.15) is 5.71 Å². The first-order chi connectivity index (χ1) is 13.7. The molecule has 2 aromatic rings. The van der Waals surface area contributed by atoms with Crippen LogP contribution in [0.3, 0.4) is 0 Å². The standard InChI is InChI=1S/C21H23N3O3S/c25-20-11-10-19(22-24(20)16-6-2-1-3-7-16)21(26)23(14-17-8-4-12-27-17)15-18-9-5-13-28-18/h1-3,5-7,9,13,17H,4,8,10-12,14-15H2/t17-/m1/s1. The van der Waals surface area contributed by atoms with Gasteiger partial charge >= 0.3 is 0 Å². The van der Waals surface area contributed by atoms with Crippen LogP contribution in [0, 0.1) is 0 Å². The number of ether oxygens (including phenoxy) is 1. The lowest BCUT2D eigenvalue weighted by Gasteiger charge is -2.28. The lowest BCUT2D eigenvalue weighted by molar-refractivity contribution is -0.126. The number of thiophene rings is 1. The highest BCUT2D eigenvalue weighted by Gasteiger charge is 2.30. The summed E-state index contributed by atoms with van der Waals surface area (Å²) in [5.41, 5.74) is 1.11. The highest BCUT2D eigenvalue weighted by molar-refractivity contribution is 7.09. The molecule has 1 atom stereocenters. The molecule has 0 aliphatic carbocycles. The van der Waals surface area contributed by atoms with Crippen LogP contribution in [0.1, 0.15) is 30.6 Å². The van der Waals surface area contributed by atoms with E-state index < -0.39 is 0 Å². The second kappa shape index (κ2) is 8.67. The Hall–Kier alpha value is -2.51. The summed E-state index contributed by atoms with van der Waals surface area (Å²) in [4.78, 5) is 28.6. The fourth-order valence-electron chi connectivity index (χ4n) is 3.50. The number of hydrogen-bond acceptors (Lipinski definition) is 5. The molecule has 2 aliphatic rings. The Kier molecular flexibility index (Phi) is 5.83. The highest BCUT2D eigenvalue weighted by Crippen LogP contribution is 2.22. The molecular formula is C21H23N3O3S. The van der Waals surface area contributed by atoms with Gasteiger partial charge in [-0.3, -0.25) is 9.59 Å². The SMILES string of the molecule is O=C(C1=NN(c2ccccc2)C(=O)CC1)N(Cc1cccs1)C[C@H]1CCCO1. The van der Waals surface area contributed by atoms with Gasteiger partial charge in [-0.2, -0.15) is 5.10 Å². The maximum atomic E-state index is 13.3. The maximum Gasteiger partial charge on any atom is 0.270 e. The first kappa shape index (κ1) is 18.8. The summed E-state index contributed by atoms with van der Waals surface area (Å²) < 4.78 is 5.75. The van der Waals surface area contributed by atoms with Gasteiger partial charge in [0.05, 0.1) is 18.3 Å². The van der Waals surface area contributed by atoms with Gasteiger partial charge in [0.2, 0.25) is 5.91 Å². The fourth-order valence-corrected chi connectivity index (χ4v) is 4.22. The number of hydrazone groups is 1. The predicted octanol–water partition coefficient (Wildman–Crippen LogP) is 3.44. The summed E-state index contributed by atoms with van der Waals surface area (Å²) in [5, 5.41) is 7.79. The number of carbonyl (C=O) groups is 2. The zero-order valence-corrected chi connectivity index (χ0v) is 16.4. The molecule has 2 amide bonds. The zero-order valence-electron chi connectivity index (χ0n) is 15.6. The number of hydrogen-bond donors (Lipinski definition) is 0. The van der Waals surface area contributed by atoms with E-state index in [1.54, 1.807) is 11.3 Å². The Morgan fingerprint density at radius 1 is 1.21 bits per heavy atom. The van der Waals surface area contributed by atoms with E-state index in [-0.39, 0.29) is 24.3 Å². The van der Waals surface area contributed by atoms with Crippen molar-refractivity contribution < 1.29 is 14.3 Å². The molecule has 1 aromatic heterocycles. The van der Waals surface area contributed by atoms with E-state index in [9.17, 15) is 9.59 Å². The summed E-state index contributed by atoms with van der Waals surface area (Å²) in [7, 11) is 0. The number of anilines is 1. The summed E-state index contributed by atoms with van der Waals surface area (Å²) in [5.74, 6) is -0.205. The van der Waals surface area contributed by atoms with E-state index in [0.717, 1.165) is 24.3 Å². The van der Waals surface area contributed by atoms with Gasteiger partial charge in [0.25, 0.3) is 5.91 Å². The molecule has 0 bridgehead atoms. The molecule has 3 heterocycles. The van der Waals surface area contributed by atoms with Gasteiger partial charge in [0, 0.05) is 30.9 Å². The smallest absolute Gasteiger partial charge is 0.270 e. The average Bonchev–Trinajstić information content (AvgIpc) is 3.42. The third-order valence-corrected chi connectivity index (χ3v) is 5.80. The molecule has 0 radical (unpaired) electrons. The monoisotopic (exact) mass is 397 g/mol. The molecule has 0 unspecified atom stereocenters. The Labute approximate surface area is 168 Å². The van der Waals surface area contributed by atoms with Gasteiger partial charge in [0.15, 0.2) is 0 Å². The average molecular weight is 398 g/mol. The molecular weight excluding hydrogens is 374 g/mol. The number of rotatable bonds is 6. The van der Waals surface area contributed by atoms with Crippen LogP contribution >= 0.6 is 11.3 Å². The van der Waals surface area contributed by atoms with Gasteiger partial charge < -0.3 is 9.64 Å². The zero-order chi connectivity index (χ0) is 19.3. The fraction of sp³-hybridized carbons (Fsp3) is 0.381. The summed E-state index contributed by atoms with van der Waals surface area (Å²) in [6.07, 6.45) is 2.72. The maximum absolute atomic E-state index is 13.3. The Bertz CT molecular complexity index is 845. The molecule has 7 heteroatoms. The van der Waals surface area contributed by atoms with Crippen LogP contribution in [-0.4, -0.2) is 41.7 Å². The Morgan fingerprint density at radius 2 is 2.07 bits per heavy atom. The first-order valence-corrected chi connectivity index (χ1v) is 10.5. The van der Waals surface area contributed by atoms with Crippen molar-refractivity contribution in [1.29, 1.82) is 0 Å². The van der Waals surface area contributed by atoms with Gasteiger partial charge in [-0.25, -0.2) is 5.01 Å². The lowest BCUT2D eigenvalue weighted by atomic mass is 10.1. The topological polar surface area (TPSA) is 62.2 Å². The van der Waals surface area contributed by atoms with E-state index in [0.29, 0.717) is 30.9 Å². The summed E-state index contributed by atoms with van der Waals surface area (Å²) in [6, 6.07) is 13.3. The summed E-state index contributed by atoms with van der Waals surface area (Å²) >= 11 is 1.63. The summed E-state index contributed by atoms with van der Waals surface area (Å²) in [6.45, 7) is 1.84. The van der Waals surface area contributed by atoms with Crippen molar-refractivity contribution in [3.05, 3.63) is 52.7 Å². The van der Waals surface area contributed by atoms with Crippen LogP contribution in [0.25, 0.3) is 0 Å². The number of carbonyl (C=O) groups excluding carboxylic acids is 2. The second-order valence-corrected chi connectivity index (χ2v) is 8.02. The quantitative estimate of drug-likeness (QED) is 0.750. The first-order valence-electron chi connectivity index (χ1n) is 9.59. The van der Waals surface area contributed by atoms with E-state index >= 15 is 0 Å².